The molecule has 2 aliphatic heterocycles. The van der Waals surface area contributed by atoms with Crippen molar-refractivity contribution in [2.75, 3.05) is 37.7 Å². The van der Waals surface area contributed by atoms with Crippen LogP contribution in [0.1, 0.15) is 12.0 Å². The first-order valence-corrected chi connectivity index (χ1v) is 7.39. The van der Waals surface area contributed by atoms with Crippen molar-refractivity contribution in [1.29, 1.82) is 0 Å². The van der Waals surface area contributed by atoms with Crippen LogP contribution in [0, 0.1) is 12.8 Å². The number of rotatable bonds is 2. The maximum absolute atomic E-state index is 12.5. The van der Waals surface area contributed by atoms with E-state index in [0.717, 1.165) is 11.3 Å². The van der Waals surface area contributed by atoms with Crippen LogP contribution in [0.25, 0.3) is 0 Å². The van der Waals surface area contributed by atoms with Gasteiger partial charge in [0.05, 0.1) is 19.1 Å². The van der Waals surface area contributed by atoms with Gasteiger partial charge in [0.2, 0.25) is 11.8 Å². The normalized spacial score (nSPS) is 22.7. The number of amides is 2. The van der Waals surface area contributed by atoms with Gasteiger partial charge in [0.25, 0.3) is 0 Å². The van der Waals surface area contributed by atoms with Crippen molar-refractivity contribution in [2.24, 2.45) is 5.92 Å². The summed E-state index contributed by atoms with van der Waals surface area (Å²) < 4.78 is 5.27. The lowest BCUT2D eigenvalue weighted by Gasteiger charge is -2.29. The van der Waals surface area contributed by atoms with E-state index in [9.17, 15) is 9.59 Å². The molecule has 1 aromatic rings. The predicted molar refractivity (Wildman–Crippen MR) is 79.0 cm³/mol. The summed E-state index contributed by atoms with van der Waals surface area (Å²) in [4.78, 5) is 28.2. The summed E-state index contributed by atoms with van der Waals surface area (Å²) >= 11 is 0. The summed E-state index contributed by atoms with van der Waals surface area (Å²) in [6, 6.07) is 7.85. The van der Waals surface area contributed by atoms with Crippen molar-refractivity contribution in [3.63, 3.8) is 0 Å². The Morgan fingerprint density at radius 2 is 2.05 bits per heavy atom. The monoisotopic (exact) mass is 288 g/mol. The third-order valence-corrected chi connectivity index (χ3v) is 4.11. The quantitative estimate of drug-likeness (QED) is 0.822. The Morgan fingerprint density at radius 3 is 2.76 bits per heavy atom. The van der Waals surface area contributed by atoms with E-state index in [0.29, 0.717) is 39.3 Å². The molecule has 2 fully saturated rings. The van der Waals surface area contributed by atoms with Gasteiger partial charge in [-0.25, -0.2) is 0 Å². The minimum absolute atomic E-state index is 0.0345. The second-order valence-corrected chi connectivity index (χ2v) is 5.68. The Labute approximate surface area is 124 Å². The lowest BCUT2D eigenvalue weighted by atomic mass is 10.1. The van der Waals surface area contributed by atoms with Gasteiger partial charge in [0, 0.05) is 31.7 Å². The molecule has 0 unspecified atom stereocenters. The standard InChI is InChI=1S/C16H20N2O3/c1-12-3-2-4-14(9-12)18-11-13(10-15(18)19)16(20)17-5-7-21-8-6-17/h2-4,9,13H,5-8,10-11H2,1H3/t13-/m0/s1. The second-order valence-electron chi connectivity index (χ2n) is 5.68. The van der Waals surface area contributed by atoms with Crippen LogP contribution >= 0.6 is 0 Å². The molecule has 0 saturated carbocycles. The number of nitrogens with zero attached hydrogens (tertiary/aromatic N) is 2. The van der Waals surface area contributed by atoms with E-state index in [-0.39, 0.29) is 17.7 Å². The summed E-state index contributed by atoms with van der Waals surface area (Å²) in [6.07, 6.45) is 0.310. The third-order valence-electron chi connectivity index (χ3n) is 4.11. The Balaban J connectivity index is 1.70. The van der Waals surface area contributed by atoms with E-state index in [1.54, 1.807) is 4.90 Å². The van der Waals surface area contributed by atoms with Crippen molar-refractivity contribution < 1.29 is 14.3 Å². The number of anilines is 1. The number of hydrogen-bond acceptors (Lipinski definition) is 3. The Morgan fingerprint density at radius 1 is 1.29 bits per heavy atom. The molecule has 2 aliphatic rings. The van der Waals surface area contributed by atoms with Crippen LogP contribution < -0.4 is 4.90 Å². The van der Waals surface area contributed by atoms with Gasteiger partial charge in [-0.1, -0.05) is 12.1 Å². The number of carbonyl (C=O) groups is 2. The molecule has 3 rings (SSSR count). The molecular formula is C16H20N2O3. The predicted octanol–water partition coefficient (Wildman–Crippen LogP) is 1.21. The number of morpholine rings is 1. The molecular weight excluding hydrogens is 268 g/mol. The number of benzene rings is 1. The molecule has 0 aromatic heterocycles. The molecule has 0 spiro atoms. The van der Waals surface area contributed by atoms with E-state index >= 15 is 0 Å². The molecule has 2 saturated heterocycles. The third kappa shape index (κ3) is 2.93. The van der Waals surface area contributed by atoms with Crippen molar-refractivity contribution in [3.8, 4) is 0 Å². The van der Waals surface area contributed by atoms with Crippen LogP contribution in [0.3, 0.4) is 0 Å². The number of aryl methyl sites for hydroxylation is 1. The fraction of sp³-hybridized carbons (Fsp3) is 0.500. The SMILES string of the molecule is Cc1cccc(N2C[C@@H](C(=O)N3CCOCC3)CC2=O)c1. The summed E-state index contributed by atoms with van der Waals surface area (Å²) in [5, 5.41) is 0. The van der Waals surface area contributed by atoms with E-state index in [2.05, 4.69) is 0 Å². The average Bonchev–Trinajstić information content (AvgIpc) is 2.89. The molecule has 1 aromatic carbocycles. The molecule has 5 nitrogen and oxygen atoms in total. The van der Waals surface area contributed by atoms with Crippen LogP contribution in [0.4, 0.5) is 5.69 Å². The zero-order valence-electron chi connectivity index (χ0n) is 12.2. The summed E-state index contributed by atoms with van der Waals surface area (Å²) in [5.41, 5.74) is 2.00. The highest BCUT2D eigenvalue weighted by atomic mass is 16.5. The lowest BCUT2D eigenvalue weighted by molar-refractivity contribution is -0.139. The zero-order valence-corrected chi connectivity index (χ0v) is 12.2. The average molecular weight is 288 g/mol. The summed E-state index contributed by atoms with van der Waals surface area (Å²) in [7, 11) is 0. The fourth-order valence-corrected chi connectivity index (χ4v) is 2.96. The Bertz CT molecular complexity index is 552. The first-order chi connectivity index (χ1) is 10.1. The van der Waals surface area contributed by atoms with Crippen molar-refractivity contribution in [1.82, 2.24) is 4.90 Å². The molecule has 0 radical (unpaired) electrons. The van der Waals surface area contributed by atoms with Gasteiger partial charge in [0.15, 0.2) is 0 Å². The first kappa shape index (κ1) is 14.1. The molecule has 1 atom stereocenters. The fourth-order valence-electron chi connectivity index (χ4n) is 2.96. The van der Waals surface area contributed by atoms with Crippen molar-refractivity contribution >= 4 is 17.5 Å². The highest BCUT2D eigenvalue weighted by Crippen LogP contribution is 2.27. The van der Waals surface area contributed by atoms with Gasteiger partial charge in [0.1, 0.15) is 0 Å². The molecule has 0 N–H and O–H groups in total. The highest BCUT2D eigenvalue weighted by molar-refractivity contribution is 6.00. The molecule has 0 aliphatic carbocycles. The van der Waals surface area contributed by atoms with Gasteiger partial charge in [-0.15, -0.1) is 0 Å². The molecule has 2 amide bonds. The van der Waals surface area contributed by atoms with Crippen LogP contribution in [0.2, 0.25) is 0 Å². The van der Waals surface area contributed by atoms with Crippen LogP contribution in [-0.4, -0.2) is 49.6 Å². The van der Waals surface area contributed by atoms with Gasteiger partial charge < -0.3 is 14.5 Å². The Kier molecular flexibility index (Phi) is 3.92. The zero-order chi connectivity index (χ0) is 14.8. The molecule has 0 bridgehead atoms. The number of ether oxygens (including phenoxy) is 1. The smallest absolute Gasteiger partial charge is 0.228 e. The topological polar surface area (TPSA) is 49.9 Å². The minimum Gasteiger partial charge on any atom is -0.378 e. The summed E-state index contributed by atoms with van der Waals surface area (Å²) in [6.45, 7) is 4.93. The van der Waals surface area contributed by atoms with Crippen LogP contribution in [0.15, 0.2) is 24.3 Å². The lowest BCUT2D eigenvalue weighted by Crippen LogP contribution is -2.44. The number of carbonyl (C=O) groups excluding carboxylic acids is 2. The first-order valence-electron chi connectivity index (χ1n) is 7.39. The molecule has 2 heterocycles. The number of hydrogen-bond donors (Lipinski definition) is 0. The van der Waals surface area contributed by atoms with E-state index in [4.69, 9.17) is 4.74 Å². The van der Waals surface area contributed by atoms with E-state index < -0.39 is 0 Å². The molecule has 21 heavy (non-hydrogen) atoms. The molecule has 5 heteroatoms. The van der Waals surface area contributed by atoms with Gasteiger partial charge in [-0.2, -0.15) is 0 Å². The van der Waals surface area contributed by atoms with E-state index in [1.165, 1.54) is 0 Å². The van der Waals surface area contributed by atoms with Crippen molar-refractivity contribution in [3.05, 3.63) is 29.8 Å². The van der Waals surface area contributed by atoms with E-state index in [1.807, 2.05) is 36.1 Å². The maximum atomic E-state index is 12.5. The minimum atomic E-state index is -0.226. The van der Waals surface area contributed by atoms with Crippen LogP contribution in [0.5, 0.6) is 0 Å². The van der Waals surface area contributed by atoms with Crippen LogP contribution in [-0.2, 0) is 14.3 Å². The highest BCUT2D eigenvalue weighted by Gasteiger charge is 2.37. The van der Waals surface area contributed by atoms with Gasteiger partial charge >= 0.3 is 0 Å². The van der Waals surface area contributed by atoms with Gasteiger partial charge in [-0.05, 0) is 24.6 Å². The van der Waals surface area contributed by atoms with Crippen molar-refractivity contribution in [2.45, 2.75) is 13.3 Å². The molecule has 112 valence electrons. The second kappa shape index (κ2) is 5.85. The summed E-state index contributed by atoms with van der Waals surface area (Å²) in [5.74, 6) is -0.106. The maximum Gasteiger partial charge on any atom is 0.228 e. The largest absolute Gasteiger partial charge is 0.378 e. The van der Waals surface area contributed by atoms with Gasteiger partial charge in [-0.3, -0.25) is 9.59 Å². The Hall–Kier alpha value is -1.88.